The maximum atomic E-state index is 13.2. The molecule has 1 amide bonds. The monoisotopic (exact) mass is 358 g/mol. The van der Waals surface area contributed by atoms with Crippen molar-refractivity contribution in [2.24, 2.45) is 0 Å². The zero-order valence-corrected chi connectivity index (χ0v) is 14.6. The maximum Gasteiger partial charge on any atom is 0.250 e. The fraction of sp³-hybridized carbons (Fsp3) is 0.474. The minimum Gasteiger partial charge on any atom is -0.508 e. The van der Waals surface area contributed by atoms with Gasteiger partial charge < -0.3 is 10.0 Å². The number of phenols is 1. The average Bonchev–Trinajstić information content (AvgIpc) is 3.11. The molecule has 0 aliphatic carbocycles. The second kappa shape index (κ2) is 6.72. The predicted octanol–water partition coefficient (Wildman–Crippen LogP) is 1.95. The highest BCUT2D eigenvalue weighted by Gasteiger charge is 2.46. The number of aromatic nitrogens is 2. The molecular weight excluding hydrogens is 335 g/mol. The number of benzene rings is 1. The van der Waals surface area contributed by atoms with Gasteiger partial charge in [-0.2, -0.15) is 5.10 Å². The third-order valence-electron chi connectivity index (χ3n) is 5.61. The number of hydrogen-bond donors (Lipinski definition) is 1. The summed E-state index contributed by atoms with van der Waals surface area (Å²) < 4.78 is 15.0. The van der Waals surface area contributed by atoms with Crippen LogP contribution in [-0.4, -0.2) is 56.8 Å². The summed E-state index contributed by atoms with van der Waals surface area (Å²) in [4.78, 5) is 17.2. The molecule has 26 heavy (non-hydrogen) atoms. The molecule has 0 saturated carbocycles. The lowest BCUT2D eigenvalue weighted by Gasteiger charge is -2.45. The van der Waals surface area contributed by atoms with E-state index in [1.165, 1.54) is 6.07 Å². The molecule has 138 valence electrons. The second-order valence-electron chi connectivity index (χ2n) is 7.18. The lowest BCUT2D eigenvalue weighted by Crippen LogP contribution is -2.59. The molecule has 0 unspecified atom stereocenters. The van der Waals surface area contributed by atoms with Gasteiger partial charge in [-0.1, -0.05) is 6.07 Å². The van der Waals surface area contributed by atoms with Gasteiger partial charge in [-0.15, -0.1) is 0 Å². The molecule has 0 bridgehead atoms. The summed E-state index contributed by atoms with van der Waals surface area (Å²) in [5.74, 6) is -0.301. The number of halogens is 1. The van der Waals surface area contributed by atoms with E-state index in [0.29, 0.717) is 24.9 Å². The molecule has 6 nitrogen and oxygen atoms in total. The van der Waals surface area contributed by atoms with Gasteiger partial charge in [-0.25, -0.2) is 4.39 Å². The SMILES string of the molecule is O=C(N1CCC1)C1(n2cccn2)CCN(Cc2ccc(F)cc2O)CC1. The van der Waals surface area contributed by atoms with Crippen LogP contribution in [0, 0.1) is 5.82 Å². The Morgan fingerprint density at radius 2 is 2.00 bits per heavy atom. The van der Waals surface area contributed by atoms with Gasteiger partial charge in [0.15, 0.2) is 0 Å². The Morgan fingerprint density at radius 1 is 1.23 bits per heavy atom. The molecule has 1 aromatic heterocycles. The van der Waals surface area contributed by atoms with Crippen LogP contribution in [0.1, 0.15) is 24.8 Å². The van der Waals surface area contributed by atoms with Crippen molar-refractivity contribution in [3.63, 3.8) is 0 Å². The standard InChI is InChI=1S/C19H23FN4O2/c20-16-4-3-15(17(25)13-16)14-22-11-5-19(6-12-22,24-10-1-7-21-24)18(26)23-8-2-9-23/h1,3-4,7,10,13,25H,2,5-6,8-9,11-12,14H2. The molecule has 7 heteroatoms. The molecule has 2 aliphatic heterocycles. The molecule has 2 aromatic rings. The fourth-order valence-electron chi connectivity index (χ4n) is 3.87. The van der Waals surface area contributed by atoms with Crippen molar-refractivity contribution in [1.82, 2.24) is 19.6 Å². The lowest BCUT2D eigenvalue weighted by molar-refractivity contribution is -0.148. The van der Waals surface area contributed by atoms with Gasteiger partial charge in [-0.3, -0.25) is 14.4 Å². The van der Waals surface area contributed by atoms with Gasteiger partial charge in [0, 0.05) is 56.7 Å². The van der Waals surface area contributed by atoms with E-state index in [4.69, 9.17) is 0 Å². The van der Waals surface area contributed by atoms with Crippen LogP contribution in [-0.2, 0) is 16.9 Å². The van der Waals surface area contributed by atoms with Crippen molar-refractivity contribution < 1.29 is 14.3 Å². The number of carbonyl (C=O) groups excluding carboxylic acids is 1. The van der Waals surface area contributed by atoms with Crippen LogP contribution >= 0.6 is 0 Å². The summed E-state index contributed by atoms with van der Waals surface area (Å²) >= 11 is 0. The quantitative estimate of drug-likeness (QED) is 0.908. The lowest BCUT2D eigenvalue weighted by atomic mass is 9.85. The van der Waals surface area contributed by atoms with E-state index < -0.39 is 11.4 Å². The highest BCUT2D eigenvalue weighted by Crippen LogP contribution is 2.34. The van der Waals surface area contributed by atoms with Crippen molar-refractivity contribution in [2.45, 2.75) is 31.3 Å². The van der Waals surface area contributed by atoms with E-state index in [-0.39, 0.29) is 11.7 Å². The van der Waals surface area contributed by atoms with Crippen LogP contribution < -0.4 is 0 Å². The molecule has 2 aliphatic rings. The number of aromatic hydroxyl groups is 1. The Hall–Kier alpha value is -2.41. The molecule has 1 N–H and O–H groups in total. The van der Waals surface area contributed by atoms with Gasteiger partial charge in [0.25, 0.3) is 5.91 Å². The first-order valence-corrected chi connectivity index (χ1v) is 9.08. The largest absolute Gasteiger partial charge is 0.508 e. The Kier molecular flexibility index (Phi) is 4.40. The molecule has 0 radical (unpaired) electrons. The van der Waals surface area contributed by atoms with E-state index >= 15 is 0 Å². The van der Waals surface area contributed by atoms with Crippen LogP contribution in [0.15, 0.2) is 36.7 Å². The van der Waals surface area contributed by atoms with Crippen LogP contribution in [0.2, 0.25) is 0 Å². The molecular formula is C19H23FN4O2. The number of nitrogens with zero attached hydrogens (tertiary/aromatic N) is 4. The molecule has 3 heterocycles. The van der Waals surface area contributed by atoms with Gasteiger partial charge in [0.2, 0.25) is 0 Å². The molecule has 1 aromatic carbocycles. The van der Waals surface area contributed by atoms with Gasteiger partial charge in [0.05, 0.1) is 0 Å². The van der Waals surface area contributed by atoms with Crippen LogP contribution in [0.5, 0.6) is 5.75 Å². The minimum atomic E-state index is -0.620. The molecule has 0 atom stereocenters. The van der Waals surface area contributed by atoms with Crippen LogP contribution in [0.25, 0.3) is 0 Å². The maximum absolute atomic E-state index is 13.2. The van der Waals surface area contributed by atoms with E-state index in [0.717, 1.165) is 38.7 Å². The van der Waals surface area contributed by atoms with Gasteiger partial charge >= 0.3 is 0 Å². The predicted molar refractivity (Wildman–Crippen MR) is 94.0 cm³/mol. The van der Waals surface area contributed by atoms with Crippen molar-refractivity contribution >= 4 is 5.91 Å². The normalized spacial score (nSPS) is 20.0. The van der Waals surface area contributed by atoms with Crippen LogP contribution in [0.3, 0.4) is 0 Å². The molecule has 2 saturated heterocycles. The summed E-state index contributed by atoms with van der Waals surface area (Å²) in [5, 5.41) is 14.3. The Labute approximate surface area is 151 Å². The number of piperidine rings is 1. The Morgan fingerprint density at radius 3 is 2.58 bits per heavy atom. The zero-order valence-electron chi connectivity index (χ0n) is 14.6. The number of carbonyl (C=O) groups is 1. The number of phenolic OH excluding ortho intramolecular Hbond substituents is 1. The van der Waals surface area contributed by atoms with Crippen molar-refractivity contribution in [3.8, 4) is 5.75 Å². The van der Waals surface area contributed by atoms with Crippen molar-refractivity contribution in [2.75, 3.05) is 26.2 Å². The molecule has 2 fully saturated rings. The average molecular weight is 358 g/mol. The zero-order chi connectivity index (χ0) is 18.1. The summed E-state index contributed by atoms with van der Waals surface area (Å²) in [7, 11) is 0. The van der Waals surface area contributed by atoms with Crippen LogP contribution in [0.4, 0.5) is 4.39 Å². The fourth-order valence-corrected chi connectivity index (χ4v) is 3.87. The first-order valence-electron chi connectivity index (χ1n) is 9.08. The number of hydrogen-bond acceptors (Lipinski definition) is 4. The van der Waals surface area contributed by atoms with E-state index in [2.05, 4.69) is 10.00 Å². The third-order valence-corrected chi connectivity index (χ3v) is 5.61. The number of likely N-dealkylation sites (tertiary alicyclic amines) is 2. The third kappa shape index (κ3) is 2.96. The number of rotatable bonds is 4. The highest BCUT2D eigenvalue weighted by molar-refractivity contribution is 5.85. The topological polar surface area (TPSA) is 61.6 Å². The molecule has 4 rings (SSSR count). The summed E-state index contributed by atoms with van der Waals surface area (Å²) in [6.45, 7) is 3.63. The van der Waals surface area contributed by atoms with Gasteiger partial charge in [0.1, 0.15) is 17.1 Å². The number of amides is 1. The van der Waals surface area contributed by atoms with E-state index in [9.17, 15) is 14.3 Å². The molecule has 0 spiro atoms. The van der Waals surface area contributed by atoms with E-state index in [1.54, 1.807) is 12.3 Å². The summed E-state index contributed by atoms with van der Waals surface area (Å²) in [6, 6.07) is 5.97. The Bertz CT molecular complexity index is 781. The van der Waals surface area contributed by atoms with E-state index in [1.807, 2.05) is 21.8 Å². The summed E-state index contributed by atoms with van der Waals surface area (Å²) in [5.41, 5.74) is 0.0812. The summed E-state index contributed by atoms with van der Waals surface area (Å²) in [6.07, 6.45) is 6.00. The highest BCUT2D eigenvalue weighted by atomic mass is 19.1. The van der Waals surface area contributed by atoms with Crippen molar-refractivity contribution in [1.29, 1.82) is 0 Å². The first-order chi connectivity index (χ1) is 12.6. The smallest absolute Gasteiger partial charge is 0.250 e. The Balaban J connectivity index is 1.49. The van der Waals surface area contributed by atoms with Crippen molar-refractivity contribution in [3.05, 3.63) is 48.0 Å². The second-order valence-corrected chi connectivity index (χ2v) is 7.18. The first kappa shape index (κ1) is 17.0. The van der Waals surface area contributed by atoms with Gasteiger partial charge in [-0.05, 0) is 31.4 Å². The minimum absolute atomic E-state index is 0.0226.